The number of benzene rings is 1. The van der Waals surface area contributed by atoms with E-state index in [-0.39, 0.29) is 36.2 Å². The predicted octanol–water partition coefficient (Wildman–Crippen LogP) is 0.985. The molecule has 64 valence electrons. The Morgan fingerprint density at radius 2 is 1.92 bits per heavy atom. The molecular weight excluding hydrogens is 173 g/mol. The van der Waals surface area contributed by atoms with Gasteiger partial charge in [0.1, 0.15) is 0 Å². The molecule has 0 aliphatic carbocycles. The first-order valence-electron chi connectivity index (χ1n) is 4.06. The Morgan fingerprint density at radius 1 is 1.15 bits per heavy atom. The predicted molar refractivity (Wildman–Crippen MR) is 56.2 cm³/mol. The fraction of sp³-hybridized carbons (Fsp3) is 0.200. The Bertz CT molecular complexity index is 383. The van der Waals surface area contributed by atoms with Gasteiger partial charge in [-0.05, 0) is 17.5 Å². The molecule has 0 amide bonds. The van der Waals surface area contributed by atoms with Crippen LogP contribution in [-0.2, 0) is 6.54 Å². The van der Waals surface area contributed by atoms with Gasteiger partial charge in [-0.1, -0.05) is 18.2 Å². The molecule has 0 bridgehead atoms. The van der Waals surface area contributed by atoms with Crippen molar-refractivity contribution in [3.8, 4) is 0 Å². The van der Waals surface area contributed by atoms with Crippen LogP contribution in [0.3, 0.4) is 0 Å². The third kappa shape index (κ3) is 2.15. The summed E-state index contributed by atoms with van der Waals surface area (Å²) in [6.07, 6.45) is 2.00. The van der Waals surface area contributed by atoms with Gasteiger partial charge in [-0.25, -0.2) is 0 Å². The fourth-order valence-electron chi connectivity index (χ4n) is 1.44. The number of nitrogens with zero attached hydrogens (tertiary/aromatic N) is 1. The maximum absolute atomic E-state index is 8.78. The third-order valence-electron chi connectivity index (χ3n) is 2.02. The molecule has 0 aliphatic rings. The molecule has 3 heteroatoms. The van der Waals surface area contributed by atoms with Crippen molar-refractivity contribution in [1.82, 2.24) is 4.57 Å². The molecule has 13 heavy (non-hydrogen) atoms. The van der Waals surface area contributed by atoms with E-state index in [0.717, 1.165) is 0 Å². The summed E-state index contributed by atoms with van der Waals surface area (Å²) in [6.45, 7) is 0.867. The molecule has 2 rings (SSSR count). The van der Waals surface area contributed by atoms with Crippen molar-refractivity contribution in [2.24, 2.45) is 0 Å². The van der Waals surface area contributed by atoms with E-state index in [2.05, 4.69) is 22.8 Å². The number of hydrogen-bond donors (Lipinski definition) is 1. The molecule has 2 aromatic rings. The van der Waals surface area contributed by atoms with Gasteiger partial charge < -0.3 is 9.67 Å². The second-order valence-corrected chi connectivity index (χ2v) is 2.79. The van der Waals surface area contributed by atoms with E-state index >= 15 is 0 Å². The molecule has 1 aromatic heterocycles. The Balaban J connectivity index is 0.000000845. The van der Waals surface area contributed by atoms with Gasteiger partial charge >= 0.3 is 29.6 Å². The quantitative estimate of drug-likeness (QED) is 0.693. The number of hydrogen-bond acceptors (Lipinski definition) is 1. The molecule has 0 unspecified atom stereocenters. The summed E-state index contributed by atoms with van der Waals surface area (Å²) < 4.78 is 2.05. The topological polar surface area (TPSA) is 25.2 Å². The molecule has 2 nitrogen and oxygen atoms in total. The molecule has 0 aliphatic heterocycles. The number of rotatable bonds is 2. The van der Waals surface area contributed by atoms with Crippen LogP contribution in [0.2, 0.25) is 0 Å². The Hall–Kier alpha value is -0.280. The van der Waals surface area contributed by atoms with Crippen molar-refractivity contribution in [2.45, 2.75) is 6.54 Å². The Kier molecular flexibility index (Phi) is 4.00. The van der Waals surface area contributed by atoms with Gasteiger partial charge in [0.05, 0.1) is 6.61 Å². The van der Waals surface area contributed by atoms with Gasteiger partial charge in [-0.3, -0.25) is 0 Å². The minimum absolute atomic E-state index is 0. The van der Waals surface area contributed by atoms with Gasteiger partial charge in [-0.2, -0.15) is 0 Å². The molecule has 1 N–H and O–H groups in total. The molecule has 0 spiro atoms. The molecular formula is C10H12NNaO. The van der Waals surface area contributed by atoms with Crippen LogP contribution in [0.1, 0.15) is 0 Å². The number of aliphatic hydroxyl groups excluding tert-OH is 1. The van der Waals surface area contributed by atoms with Crippen molar-refractivity contribution in [3.05, 3.63) is 36.5 Å². The summed E-state index contributed by atoms with van der Waals surface area (Å²) in [5.41, 5.74) is 1.19. The Labute approximate surface area is 99.5 Å². The number of para-hydroxylation sites is 1. The molecule has 1 heterocycles. The van der Waals surface area contributed by atoms with Crippen LogP contribution in [-0.4, -0.2) is 45.8 Å². The third-order valence-corrected chi connectivity index (χ3v) is 2.02. The zero-order valence-electron chi connectivity index (χ0n) is 6.77. The molecule has 0 saturated carbocycles. The summed E-state index contributed by atoms with van der Waals surface area (Å²) in [7, 11) is 0. The molecule has 0 fully saturated rings. The van der Waals surface area contributed by atoms with Gasteiger partial charge in [0.2, 0.25) is 0 Å². The van der Waals surface area contributed by atoms with Crippen LogP contribution in [0.4, 0.5) is 0 Å². The number of fused-ring (bicyclic) bond motifs is 1. The SMILES string of the molecule is OCCn1ccc2ccccc21.[NaH]. The average Bonchev–Trinajstić information content (AvgIpc) is 2.50. The minimum atomic E-state index is 0. The van der Waals surface area contributed by atoms with Crippen molar-refractivity contribution < 1.29 is 5.11 Å². The van der Waals surface area contributed by atoms with E-state index in [0.29, 0.717) is 6.54 Å². The standard InChI is InChI=1S/C10H11NO.Na.H/c12-8-7-11-6-5-9-3-1-2-4-10(9)11;;/h1-6,12H,7-8H2;;. The van der Waals surface area contributed by atoms with Gasteiger partial charge in [0, 0.05) is 18.3 Å². The van der Waals surface area contributed by atoms with E-state index in [1.54, 1.807) is 0 Å². The Morgan fingerprint density at radius 3 is 2.69 bits per heavy atom. The number of aliphatic hydroxyl groups is 1. The van der Waals surface area contributed by atoms with Crippen molar-refractivity contribution in [1.29, 1.82) is 0 Å². The summed E-state index contributed by atoms with van der Waals surface area (Å²) in [5, 5.41) is 10.0. The number of aromatic nitrogens is 1. The summed E-state index contributed by atoms with van der Waals surface area (Å²) in [5.74, 6) is 0. The van der Waals surface area contributed by atoms with Crippen LogP contribution in [0, 0.1) is 0 Å². The van der Waals surface area contributed by atoms with E-state index < -0.39 is 0 Å². The van der Waals surface area contributed by atoms with E-state index in [1.807, 2.05) is 18.3 Å². The van der Waals surface area contributed by atoms with Crippen LogP contribution in [0.5, 0.6) is 0 Å². The average molecular weight is 185 g/mol. The van der Waals surface area contributed by atoms with E-state index in [9.17, 15) is 0 Å². The van der Waals surface area contributed by atoms with Crippen molar-refractivity contribution >= 4 is 40.5 Å². The van der Waals surface area contributed by atoms with E-state index in [4.69, 9.17) is 5.11 Å². The molecule has 1 aromatic carbocycles. The van der Waals surface area contributed by atoms with Crippen molar-refractivity contribution in [3.63, 3.8) is 0 Å². The first-order chi connectivity index (χ1) is 5.92. The summed E-state index contributed by atoms with van der Waals surface area (Å²) in [6, 6.07) is 10.2. The molecule has 0 atom stereocenters. The van der Waals surface area contributed by atoms with Crippen LogP contribution in [0.25, 0.3) is 10.9 Å². The van der Waals surface area contributed by atoms with Gasteiger partial charge in [-0.15, -0.1) is 0 Å². The monoisotopic (exact) mass is 185 g/mol. The van der Waals surface area contributed by atoms with Crippen LogP contribution >= 0.6 is 0 Å². The second kappa shape index (κ2) is 4.82. The fourth-order valence-corrected chi connectivity index (χ4v) is 1.44. The second-order valence-electron chi connectivity index (χ2n) is 2.79. The van der Waals surface area contributed by atoms with Gasteiger partial charge in [0.25, 0.3) is 0 Å². The van der Waals surface area contributed by atoms with Crippen LogP contribution < -0.4 is 0 Å². The van der Waals surface area contributed by atoms with Gasteiger partial charge in [0.15, 0.2) is 0 Å². The van der Waals surface area contributed by atoms with Crippen LogP contribution in [0.15, 0.2) is 36.5 Å². The van der Waals surface area contributed by atoms with E-state index in [1.165, 1.54) is 10.9 Å². The first kappa shape index (κ1) is 10.8. The summed E-state index contributed by atoms with van der Waals surface area (Å²) >= 11 is 0. The molecule has 0 radical (unpaired) electrons. The normalized spacial score (nSPS) is 9.92. The van der Waals surface area contributed by atoms with Crippen molar-refractivity contribution in [2.75, 3.05) is 6.61 Å². The maximum atomic E-state index is 8.78. The zero-order chi connectivity index (χ0) is 8.39. The zero-order valence-corrected chi connectivity index (χ0v) is 6.77. The first-order valence-corrected chi connectivity index (χ1v) is 4.06. The molecule has 0 saturated heterocycles. The summed E-state index contributed by atoms with van der Waals surface area (Å²) in [4.78, 5) is 0.